The summed E-state index contributed by atoms with van der Waals surface area (Å²) in [7, 11) is 0. The minimum absolute atomic E-state index is 0.0760. The van der Waals surface area contributed by atoms with Gasteiger partial charge in [0, 0.05) is 18.3 Å². The molecule has 122 valence electrons. The van der Waals surface area contributed by atoms with E-state index < -0.39 is 5.54 Å². The molecule has 0 radical (unpaired) electrons. The van der Waals surface area contributed by atoms with Gasteiger partial charge in [0.25, 0.3) is 0 Å². The van der Waals surface area contributed by atoms with Crippen molar-refractivity contribution in [2.24, 2.45) is 5.92 Å². The largest absolute Gasteiger partial charge is 0.376 e. The highest BCUT2D eigenvalue weighted by Crippen LogP contribution is 2.39. The normalized spacial score (nSPS) is 15.9. The van der Waals surface area contributed by atoms with Crippen LogP contribution in [0, 0.1) is 24.2 Å². The molecule has 1 fully saturated rings. The lowest BCUT2D eigenvalue weighted by Crippen LogP contribution is -2.48. The van der Waals surface area contributed by atoms with Crippen LogP contribution in [-0.4, -0.2) is 23.9 Å². The zero-order valence-corrected chi connectivity index (χ0v) is 13.7. The number of aryl methyl sites for hydroxylation is 1. The van der Waals surface area contributed by atoms with E-state index >= 15 is 0 Å². The summed E-state index contributed by atoms with van der Waals surface area (Å²) in [5, 5.41) is 17.8. The van der Waals surface area contributed by atoms with E-state index in [1.165, 1.54) is 6.92 Å². The molecule has 3 N–H and O–H groups in total. The first kappa shape index (κ1) is 16.8. The molecule has 1 aliphatic rings. The molecule has 0 aliphatic heterocycles. The maximum Gasteiger partial charge on any atom is 0.240 e. The van der Waals surface area contributed by atoms with Crippen LogP contribution in [0.15, 0.2) is 18.2 Å². The SMILES string of the molecule is CC(=O)Nc1cc(NCC(=O)N[C@@](C)(C#N)C2CC2)ccc1C. The smallest absolute Gasteiger partial charge is 0.240 e. The standard InChI is InChI=1S/C17H22N4O2/c1-11-4-7-14(8-15(11)20-12(2)22)19-9-16(23)21-17(3,10-18)13-5-6-13/h4,7-8,13,19H,5-6,9H2,1-3H3,(H,20,22)(H,21,23)/t17-/m0/s1. The first-order chi connectivity index (χ1) is 10.8. The highest BCUT2D eigenvalue weighted by molar-refractivity contribution is 5.90. The number of benzene rings is 1. The molecule has 0 bridgehead atoms. The van der Waals surface area contributed by atoms with Gasteiger partial charge in [-0.1, -0.05) is 6.07 Å². The Balaban J connectivity index is 1.94. The van der Waals surface area contributed by atoms with E-state index in [1.807, 2.05) is 19.1 Å². The molecule has 6 nitrogen and oxygen atoms in total. The van der Waals surface area contributed by atoms with E-state index in [0.29, 0.717) is 5.69 Å². The number of carbonyl (C=O) groups excluding carboxylic acids is 2. The van der Waals surface area contributed by atoms with Gasteiger partial charge in [0.1, 0.15) is 5.54 Å². The van der Waals surface area contributed by atoms with Crippen molar-refractivity contribution in [2.75, 3.05) is 17.2 Å². The van der Waals surface area contributed by atoms with Crippen molar-refractivity contribution in [1.82, 2.24) is 5.32 Å². The van der Waals surface area contributed by atoms with Crippen LogP contribution in [0.25, 0.3) is 0 Å². The van der Waals surface area contributed by atoms with Gasteiger partial charge in [-0.05, 0) is 50.3 Å². The first-order valence-electron chi connectivity index (χ1n) is 7.68. The number of amides is 2. The van der Waals surface area contributed by atoms with E-state index in [-0.39, 0.29) is 24.3 Å². The van der Waals surface area contributed by atoms with E-state index in [2.05, 4.69) is 22.0 Å². The Hall–Kier alpha value is -2.55. The van der Waals surface area contributed by atoms with Gasteiger partial charge in [-0.25, -0.2) is 0 Å². The molecule has 1 aromatic carbocycles. The highest BCUT2D eigenvalue weighted by atomic mass is 16.2. The zero-order chi connectivity index (χ0) is 17.0. The molecular formula is C17H22N4O2. The van der Waals surface area contributed by atoms with E-state index in [0.717, 1.165) is 24.1 Å². The van der Waals surface area contributed by atoms with Crippen molar-refractivity contribution in [1.29, 1.82) is 5.26 Å². The van der Waals surface area contributed by atoms with Gasteiger partial charge in [-0.3, -0.25) is 9.59 Å². The number of nitrogens with zero attached hydrogens (tertiary/aromatic N) is 1. The molecule has 2 rings (SSSR count). The Labute approximate surface area is 136 Å². The average Bonchev–Trinajstić information content (AvgIpc) is 3.32. The van der Waals surface area contributed by atoms with Crippen LogP contribution in [0.4, 0.5) is 11.4 Å². The lowest BCUT2D eigenvalue weighted by molar-refractivity contribution is -0.120. The molecule has 0 saturated heterocycles. The van der Waals surface area contributed by atoms with Crippen molar-refractivity contribution in [3.8, 4) is 6.07 Å². The third kappa shape index (κ3) is 4.46. The number of anilines is 2. The topological polar surface area (TPSA) is 94.0 Å². The lowest BCUT2D eigenvalue weighted by Gasteiger charge is -2.23. The van der Waals surface area contributed by atoms with Gasteiger partial charge in [0.2, 0.25) is 11.8 Å². The molecule has 1 saturated carbocycles. The quantitative estimate of drug-likeness (QED) is 0.750. The van der Waals surface area contributed by atoms with Crippen LogP contribution in [0.1, 0.15) is 32.3 Å². The molecule has 1 aromatic rings. The maximum absolute atomic E-state index is 12.1. The minimum atomic E-state index is -0.784. The van der Waals surface area contributed by atoms with E-state index in [9.17, 15) is 14.9 Å². The van der Waals surface area contributed by atoms with Crippen molar-refractivity contribution >= 4 is 23.2 Å². The summed E-state index contributed by atoms with van der Waals surface area (Å²) in [6.07, 6.45) is 1.96. The highest BCUT2D eigenvalue weighted by Gasteiger charge is 2.42. The van der Waals surface area contributed by atoms with Gasteiger partial charge in [-0.2, -0.15) is 5.26 Å². The second kappa shape index (κ2) is 6.69. The third-order valence-corrected chi connectivity index (χ3v) is 4.03. The summed E-state index contributed by atoms with van der Waals surface area (Å²) >= 11 is 0. The van der Waals surface area contributed by atoms with Crippen LogP contribution in [-0.2, 0) is 9.59 Å². The van der Waals surface area contributed by atoms with Gasteiger partial charge in [-0.15, -0.1) is 0 Å². The third-order valence-electron chi connectivity index (χ3n) is 4.03. The molecule has 1 aliphatic carbocycles. The molecule has 6 heteroatoms. The first-order valence-corrected chi connectivity index (χ1v) is 7.68. The minimum Gasteiger partial charge on any atom is -0.376 e. The second-order valence-electron chi connectivity index (χ2n) is 6.20. The Morgan fingerprint density at radius 2 is 2.09 bits per heavy atom. The van der Waals surface area contributed by atoms with Crippen molar-refractivity contribution in [2.45, 2.75) is 39.2 Å². The molecule has 0 heterocycles. The van der Waals surface area contributed by atoms with Crippen LogP contribution < -0.4 is 16.0 Å². The summed E-state index contributed by atoms with van der Waals surface area (Å²) < 4.78 is 0. The summed E-state index contributed by atoms with van der Waals surface area (Å²) in [6.45, 7) is 5.19. The summed E-state index contributed by atoms with van der Waals surface area (Å²) in [5.41, 5.74) is 1.61. The lowest BCUT2D eigenvalue weighted by atomic mass is 9.98. The number of rotatable bonds is 6. The number of nitrogens with one attached hydrogen (secondary N) is 3. The molecule has 23 heavy (non-hydrogen) atoms. The Morgan fingerprint density at radius 3 is 2.65 bits per heavy atom. The molecule has 2 amide bonds. The van der Waals surface area contributed by atoms with Crippen LogP contribution in [0.2, 0.25) is 0 Å². The van der Waals surface area contributed by atoms with Crippen LogP contribution in [0.5, 0.6) is 0 Å². The molecule has 0 spiro atoms. The molecule has 0 aromatic heterocycles. The van der Waals surface area contributed by atoms with Crippen molar-refractivity contribution in [3.05, 3.63) is 23.8 Å². The summed E-state index contributed by atoms with van der Waals surface area (Å²) in [4.78, 5) is 23.2. The number of carbonyl (C=O) groups is 2. The summed E-state index contributed by atoms with van der Waals surface area (Å²) in [6, 6.07) is 7.70. The van der Waals surface area contributed by atoms with Crippen LogP contribution >= 0.6 is 0 Å². The predicted molar refractivity (Wildman–Crippen MR) is 88.9 cm³/mol. The van der Waals surface area contributed by atoms with Crippen molar-refractivity contribution in [3.63, 3.8) is 0 Å². The van der Waals surface area contributed by atoms with E-state index in [1.54, 1.807) is 13.0 Å². The van der Waals surface area contributed by atoms with E-state index in [4.69, 9.17) is 0 Å². The van der Waals surface area contributed by atoms with Crippen molar-refractivity contribution < 1.29 is 9.59 Å². The average molecular weight is 314 g/mol. The number of hydrogen-bond acceptors (Lipinski definition) is 4. The van der Waals surface area contributed by atoms with Gasteiger partial charge >= 0.3 is 0 Å². The molecule has 0 unspecified atom stereocenters. The number of hydrogen-bond donors (Lipinski definition) is 3. The summed E-state index contributed by atoms with van der Waals surface area (Å²) in [5.74, 6) is -0.109. The second-order valence-corrected chi connectivity index (χ2v) is 6.20. The van der Waals surface area contributed by atoms with Gasteiger partial charge in [0.15, 0.2) is 0 Å². The monoisotopic (exact) mass is 314 g/mol. The molecule has 1 atom stereocenters. The number of nitriles is 1. The fraction of sp³-hybridized carbons (Fsp3) is 0.471. The Bertz CT molecular complexity index is 661. The zero-order valence-electron chi connectivity index (χ0n) is 13.7. The predicted octanol–water partition coefficient (Wildman–Crippen LogP) is 2.17. The van der Waals surface area contributed by atoms with Gasteiger partial charge < -0.3 is 16.0 Å². The fourth-order valence-electron chi connectivity index (χ4n) is 2.45. The maximum atomic E-state index is 12.1. The van der Waals surface area contributed by atoms with Crippen LogP contribution in [0.3, 0.4) is 0 Å². The Morgan fingerprint density at radius 1 is 1.39 bits per heavy atom. The Kier molecular flexibility index (Phi) is 4.89. The molecular weight excluding hydrogens is 292 g/mol. The fourth-order valence-corrected chi connectivity index (χ4v) is 2.45. The van der Waals surface area contributed by atoms with Gasteiger partial charge in [0.05, 0.1) is 12.6 Å².